The molecule has 1 aliphatic heterocycles. The van der Waals surface area contributed by atoms with Gasteiger partial charge < -0.3 is 15.0 Å². The number of hydrogen-bond donors (Lipinski definition) is 1. The number of likely N-dealkylation sites (tertiary alicyclic amines) is 1. The molecular weight excluding hydrogens is 424 g/mol. The van der Waals surface area contributed by atoms with Gasteiger partial charge in [0.2, 0.25) is 0 Å². The second-order valence-electron chi connectivity index (χ2n) is 8.84. The van der Waals surface area contributed by atoms with Gasteiger partial charge in [0.1, 0.15) is 18.2 Å². The molecule has 7 nitrogen and oxygen atoms in total. The van der Waals surface area contributed by atoms with Crippen LogP contribution in [-0.2, 0) is 4.74 Å². The average Bonchev–Trinajstić information content (AvgIpc) is 3.37. The number of aromatic nitrogens is 4. The third-order valence-electron chi connectivity index (χ3n) is 6.42. The molecule has 7 heteroatoms. The summed E-state index contributed by atoms with van der Waals surface area (Å²) in [4.78, 5) is 6.69. The molecule has 5 rings (SSSR count). The molecule has 0 spiro atoms. The predicted octanol–water partition coefficient (Wildman–Crippen LogP) is 4.59. The Balaban J connectivity index is 1.04. The van der Waals surface area contributed by atoms with Crippen molar-refractivity contribution in [1.82, 2.24) is 24.7 Å². The molecule has 1 fully saturated rings. The number of ether oxygens (including phenoxy) is 1. The van der Waals surface area contributed by atoms with Crippen molar-refractivity contribution in [2.24, 2.45) is 0 Å². The van der Waals surface area contributed by atoms with Crippen LogP contribution in [-0.4, -0.2) is 57.0 Å². The summed E-state index contributed by atoms with van der Waals surface area (Å²) in [6, 6.07) is 25.0. The van der Waals surface area contributed by atoms with Crippen molar-refractivity contribution >= 4 is 11.5 Å². The minimum absolute atomic E-state index is 0.00428. The number of nitrogens with zero attached hydrogens (tertiary/aromatic N) is 5. The van der Waals surface area contributed by atoms with Gasteiger partial charge in [-0.3, -0.25) is 0 Å². The molecular formula is C27H32N6O. The molecule has 2 aromatic carbocycles. The maximum absolute atomic E-state index is 6.67. The summed E-state index contributed by atoms with van der Waals surface area (Å²) in [7, 11) is 0. The maximum atomic E-state index is 6.67. The standard InChI is InChI=1S/C27H32N6O/c1-3-9-22(10-4-1)27(23-11-5-2-6-12-23)34-24-15-19-32(20-16-24)18-8-7-17-28-25-13-14-26-29-21-30-33(26)31-25/h1-6,9-14,21,24,27H,7-8,15-20H2,(H,28,31). The maximum Gasteiger partial charge on any atom is 0.176 e. The Morgan fingerprint density at radius 1 is 0.882 bits per heavy atom. The number of nitrogens with one attached hydrogen (secondary N) is 1. The lowest BCUT2D eigenvalue weighted by Crippen LogP contribution is -2.38. The number of fused-ring (bicyclic) bond motifs is 1. The quantitative estimate of drug-likeness (QED) is 0.352. The summed E-state index contributed by atoms with van der Waals surface area (Å²) in [6.07, 6.45) is 6.24. The van der Waals surface area contributed by atoms with Gasteiger partial charge in [-0.25, -0.2) is 4.98 Å². The van der Waals surface area contributed by atoms with E-state index in [4.69, 9.17) is 4.74 Å². The van der Waals surface area contributed by atoms with Gasteiger partial charge in [0.15, 0.2) is 5.65 Å². The van der Waals surface area contributed by atoms with Crippen LogP contribution < -0.4 is 5.32 Å². The summed E-state index contributed by atoms with van der Waals surface area (Å²) >= 11 is 0. The molecule has 0 radical (unpaired) electrons. The monoisotopic (exact) mass is 456 g/mol. The zero-order valence-corrected chi connectivity index (χ0v) is 19.5. The molecule has 0 aliphatic carbocycles. The molecule has 176 valence electrons. The van der Waals surface area contributed by atoms with Crippen molar-refractivity contribution in [3.8, 4) is 0 Å². The first-order valence-corrected chi connectivity index (χ1v) is 12.2. The fourth-order valence-electron chi connectivity index (χ4n) is 4.56. The van der Waals surface area contributed by atoms with Crippen LogP contribution in [0.3, 0.4) is 0 Å². The van der Waals surface area contributed by atoms with E-state index >= 15 is 0 Å². The zero-order chi connectivity index (χ0) is 23.0. The molecule has 0 bridgehead atoms. The fourth-order valence-corrected chi connectivity index (χ4v) is 4.56. The number of hydrogen-bond acceptors (Lipinski definition) is 6. The van der Waals surface area contributed by atoms with Crippen molar-refractivity contribution in [3.63, 3.8) is 0 Å². The van der Waals surface area contributed by atoms with Crippen molar-refractivity contribution < 1.29 is 4.74 Å². The first-order valence-electron chi connectivity index (χ1n) is 12.2. The highest BCUT2D eigenvalue weighted by Crippen LogP contribution is 2.30. The average molecular weight is 457 g/mol. The van der Waals surface area contributed by atoms with E-state index in [-0.39, 0.29) is 6.10 Å². The van der Waals surface area contributed by atoms with E-state index in [1.807, 2.05) is 12.1 Å². The molecule has 1 N–H and O–H groups in total. The zero-order valence-electron chi connectivity index (χ0n) is 19.5. The highest BCUT2D eigenvalue weighted by molar-refractivity contribution is 5.42. The van der Waals surface area contributed by atoms with E-state index in [9.17, 15) is 0 Å². The highest BCUT2D eigenvalue weighted by atomic mass is 16.5. The van der Waals surface area contributed by atoms with Crippen LogP contribution >= 0.6 is 0 Å². The summed E-state index contributed by atoms with van der Waals surface area (Å²) in [5, 5.41) is 11.9. The van der Waals surface area contributed by atoms with Gasteiger partial charge in [-0.05, 0) is 55.5 Å². The molecule has 1 aliphatic rings. The SMILES string of the molecule is c1ccc(C(OC2CCN(CCCCNc3ccc4ncnn4n3)CC2)c2ccccc2)cc1. The van der Waals surface area contributed by atoms with Gasteiger partial charge in [0.25, 0.3) is 0 Å². The normalized spacial score (nSPS) is 15.2. The van der Waals surface area contributed by atoms with Gasteiger partial charge in [0.05, 0.1) is 6.10 Å². The fraction of sp³-hybridized carbons (Fsp3) is 0.370. The summed E-state index contributed by atoms with van der Waals surface area (Å²) < 4.78 is 8.22. The van der Waals surface area contributed by atoms with Crippen molar-refractivity contribution in [2.45, 2.75) is 37.9 Å². The lowest BCUT2D eigenvalue weighted by Gasteiger charge is -2.34. The van der Waals surface area contributed by atoms with E-state index in [0.717, 1.165) is 56.9 Å². The Morgan fingerprint density at radius 3 is 2.29 bits per heavy atom. The number of unbranched alkanes of at least 4 members (excludes halogenated alkanes) is 1. The largest absolute Gasteiger partial charge is 0.369 e. The lowest BCUT2D eigenvalue weighted by molar-refractivity contribution is -0.0270. The summed E-state index contributed by atoms with van der Waals surface area (Å²) in [5.74, 6) is 0.836. The Morgan fingerprint density at radius 2 is 1.59 bits per heavy atom. The van der Waals surface area contributed by atoms with E-state index < -0.39 is 0 Å². The second kappa shape index (κ2) is 11.2. The van der Waals surface area contributed by atoms with Crippen LogP contribution in [0.5, 0.6) is 0 Å². The number of rotatable bonds is 10. The van der Waals surface area contributed by atoms with E-state index in [2.05, 4.69) is 86.1 Å². The Bertz CT molecular complexity index is 1100. The lowest BCUT2D eigenvalue weighted by atomic mass is 10.00. The molecule has 1 saturated heterocycles. The molecule has 4 aromatic rings. The van der Waals surface area contributed by atoms with Crippen LogP contribution in [0.4, 0.5) is 5.82 Å². The molecule has 3 heterocycles. The summed E-state index contributed by atoms with van der Waals surface area (Å²) in [5.41, 5.74) is 3.21. The van der Waals surface area contributed by atoms with Crippen LogP contribution in [0.15, 0.2) is 79.1 Å². The molecule has 0 amide bonds. The second-order valence-corrected chi connectivity index (χ2v) is 8.84. The molecule has 0 atom stereocenters. The van der Waals surface area contributed by atoms with Gasteiger partial charge in [-0.2, -0.15) is 0 Å². The minimum Gasteiger partial charge on any atom is -0.369 e. The first kappa shape index (κ1) is 22.5. The van der Waals surface area contributed by atoms with Crippen molar-refractivity contribution in [3.05, 3.63) is 90.3 Å². The topological polar surface area (TPSA) is 67.6 Å². The Labute approximate surface area is 200 Å². The minimum atomic E-state index is -0.00428. The predicted molar refractivity (Wildman–Crippen MR) is 134 cm³/mol. The molecule has 2 aromatic heterocycles. The Hall–Kier alpha value is -3.29. The molecule has 0 saturated carbocycles. The van der Waals surface area contributed by atoms with Crippen molar-refractivity contribution in [1.29, 1.82) is 0 Å². The van der Waals surface area contributed by atoms with Gasteiger partial charge in [0, 0.05) is 19.6 Å². The smallest absolute Gasteiger partial charge is 0.176 e. The van der Waals surface area contributed by atoms with Gasteiger partial charge >= 0.3 is 0 Å². The van der Waals surface area contributed by atoms with E-state index in [1.54, 1.807) is 4.63 Å². The third-order valence-corrected chi connectivity index (χ3v) is 6.42. The third kappa shape index (κ3) is 5.79. The Kier molecular flexibility index (Phi) is 7.43. The van der Waals surface area contributed by atoms with E-state index in [0.29, 0.717) is 6.10 Å². The van der Waals surface area contributed by atoms with Crippen LogP contribution in [0.25, 0.3) is 5.65 Å². The summed E-state index contributed by atoms with van der Waals surface area (Å²) in [6.45, 7) is 4.23. The van der Waals surface area contributed by atoms with E-state index in [1.165, 1.54) is 23.9 Å². The number of piperidine rings is 1. The van der Waals surface area contributed by atoms with Gasteiger partial charge in [-0.1, -0.05) is 60.7 Å². The van der Waals surface area contributed by atoms with Gasteiger partial charge in [-0.15, -0.1) is 14.8 Å². The first-order chi connectivity index (χ1) is 16.8. The van der Waals surface area contributed by atoms with Crippen LogP contribution in [0.1, 0.15) is 42.9 Å². The van der Waals surface area contributed by atoms with Crippen LogP contribution in [0, 0.1) is 0 Å². The highest BCUT2D eigenvalue weighted by Gasteiger charge is 2.24. The van der Waals surface area contributed by atoms with Crippen molar-refractivity contribution in [2.75, 3.05) is 31.5 Å². The number of anilines is 1. The molecule has 0 unspecified atom stereocenters. The van der Waals surface area contributed by atoms with Crippen LogP contribution in [0.2, 0.25) is 0 Å². The molecule has 34 heavy (non-hydrogen) atoms. The number of benzene rings is 2.